The van der Waals surface area contributed by atoms with Crippen molar-refractivity contribution < 1.29 is 29.2 Å². The van der Waals surface area contributed by atoms with Crippen LogP contribution in [0.25, 0.3) is 0 Å². The van der Waals surface area contributed by atoms with Gasteiger partial charge in [-0.05, 0) is 0 Å². The largest absolute Gasteiger partial charge is 0.394 e. The summed E-state index contributed by atoms with van der Waals surface area (Å²) in [6.07, 6.45) is -2.97. The quantitative estimate of drug-likeness (QED) is 0.304. The molecule has 2 aliphatic heterocycles. The fourth-order valence-electron chi connectivity index (χ4n) is 2.66. The molecule has 0 bridgehead atoms. The molecule has 1 aromatic rings. The lowest BCUT2D eigenvalue weighted by atomic mass is 9.95. The highest BCUT2D eigenvalue weighted by Crippen LogP contribution is 2.41. The van der Waals surface area contributed by atoms with Gasteiger partial charge in [0.2, 0.25) is 0 Å². The van der Waals surface area contributed by atoms with Crippen LogP contribution in [0.15, 0.2) is 6.33 Å². The van der Waals surface area contributed by atoms with Crippen LogP contribution in [0, 0.1) is 0 Å². The molecule has 0 aromatic carbocycles. The molecule has 1 saturated heterocycles. The Morgan fingerprint density at radius 3 is 3.00 bits per heavy atom. The molecule has 0 radical (unpaired) electrons. The average Bonchev–Trinajstić information content (AvgIpc) is 3.04. The first-order chi connectivity index (χ1) is 10.4. The van der Waals surface area contributed by atoms with Crippen molar-refractivity contribution in [2.75, 3.05) is 25.3 Å². The van der Waals surface area contributed by atoms with E-state index in [0.717, 1.165) is 5.01 Å². The van der Waals surface area contributed by atoms with Crippen molar-refractivity contribution in [3.63, 3.8) is 0 Å². The molecule has 3 heterocycles. The van der Waals surface area contributed by atoms with Crippen molar-refractivity contribution >= 4 is 11.7 Å². The summed E-state index contributed by atoms with van der Waals surface area (Å²) in [6, 6.07) is 0. The van der Waals surface area contributed by atoms with E-state index in [1.807, 2.05) is 0 Å². The summed E-state index contributed by atoms with van der Waals surface area (Å²) < 4.78 is 19.9. The van der Waals surface area contributed by atoms with Gasteiger partial charge in [0.25, 0.3) is 5.91 Å². The number of carbonyl (C=O) groups is 1. The maximum atomic E-state index is 13.3. The molecule has 6 N–H and O–H groups in total. The lowest BCUT2D eigenvalue weighted by Gasteiger charge is -2.31. The van der Waals surface area contributed by atoms with Crippen LogP contribution in [0.3, 0.4) is 0 Å². The number of fused-ring (bicyclic) bond motifs is 1. The molecule has 122 valence electrons. The van der Waals surface area contributed by atoms with Gasteiger partial charge < -0.3 is 25.4 Å². The van der Waals surface area contributed by atoms with Gasteiger partial charge >= 0.3 is 0 Å². The number of carbonyl (C=O) groups excluding carboxylic acids is 1. The molecular formula is C11H16FN5O5. The van der Waals surface area contributed by atoms with Crippen molar-refractivity contribution in [1.82, 2.24) is 14.6 Å². The van der Waals surface area contributed by atoms with Crippen molar-refractivity contribution in [3.8, 4) is 0 Å². The summed E-state index contributed by atoms with van der Waals surface area (Å²) >= 11 is 0. The normalized spacial score (nSPS) is 34.7. The number of hydrogen-bond donors (Lipinski definition) is 5. The second kappa shape index (κ2) is 5.14. The van der Waals surface area contributed by atoms with E-state index in [0.29, 0.717) is 0 Å². The minimum atomic E-state index is -2.27. The van der Waals surface area contributed by atoms with Crippen LogP contribution in [0.2, 0.25) is 0 Å². The average molecular weight is 317 g/mol. The van der Waals surface area contributed by atoms with Gasteiger partial charge in [-0.3, -0.25) is 14.4 Å². The highest BCUT2D eigenvalue weighted by Gasteiger charge is 2.57. The van der Waals surface area contributed by atoms with Gasteiger partial charge in [0.1, 0.15) is 31.4 Å². The van der Waals surface area contributed by atoms with Gasteiger partial charge in [-0.15, -0.1) is 0 Å². The van der Waals surface area contributed by atoms with Crippen molar-refractivity contribution in [2.24, 2.45) is 5.84 Å². The Labute approximate surface area is 123 Å². The number of hydrazine groups is 1. The van der Waals surface area contributed by atoms with Gasteiger partial charge in [-0.25, -0.2) is 15.2 Å². The first kappa shape index (κ1) is 15.1. The Kier molecular flexibility index (Phi) is 3.53. The SMILES string of the molecule is NN1CNc2c(ncn2[C@@H]2O[C@H](CO)[C@@H](O)[C@]2(O)CF)C1=O. The van der Waals surface area contributed by atoms with Crippen LogP contribution < -0.4 is 11.2 Å². The Morgan fingerprint density at radius 1 is 1.64 bits per heavy atom. The smallest absolute Gasteiger partial charge is 0.291 e. The minimum absolute atomic E-state index is 0.00964. The third-order valence-corrected chi connectivity index (χ3v) is 3.92. The number of anilines is 1. The molecule has 10 nitrogen and oxygen atoms in total. The number of amides is 1. The second-order valence-electron chi connectivity index (χ2n) is 5.24. The fourth-order valence-corrected chi connectivity index (χ4v) is 2.66. The van der Waals surface area contributed by atoms with E-state index >= 15 is 0 Å². The lowest BCUT2D eigenvalue weighted by molar-refractivity contribution is -0.119. The standard InChI is InChI=1S/C11H16FN5O5/c12-2-11(21)7(19)5(1-18)22-10(11)16-3-14-6-8(16)15-4-17(13)9(6)20/h3,5,7,10,15,18-19,21H,1-2,4,13H2/t5-,7-,10-,11-/m1/s1. The topological polar surface area (TPSA) is 146 Å². The zero-order chi connectivity index (χ0) is 16.1. The van der Waals surface area contributed by atoms with Crippen LogP contribution in [0.4, 0.5) is 10.2 Å². The summed E-state index contributed by atoms with van der Waals surface area (Å²) in [5.74, 6) is 5.10. The van der Waals surface area contributed by atoms with Crippen LogP contribution in [0.1, 0.15) is 16.7 Å². The summed E-state index contributed by atoms with van der Waals surface area (Å²) in [6.45, 7) is -1.91. The zero-order valence-corrected chi connectivity index (χ0v) is 11.4. The Balaban J connectivity index is 2.01. The third kappa shape index (κ3) is 1.90. The summed E-state index contributed by atoms with van der Waals surface area (Å²) in [5.41, 5.74) is -2.28. The number of aromatic nitrogens is 2. The second-order valence-corrected chi connectivity index (χ2v) is 5.24. The van der Waals surface area contributed by atoms with E-state index in [1.165, 1.54) is 10.9 Å². The number of nitrogens with two attached hydrogens (primary N) is 1. The molecule has 11 heteroatoms. The van der Waals surface area contributed by atoms with E-state index in [9.17, 15) is 19.4 Å². The van der Waals surface area contributed by atoms with E-state index in [2.05, 4.69) is 10.3 Å². The summed E-state index contributed by atoms with van der Waals surface area (Å²) in [7, 11) is 0. The van der Waals surface area contributed by atoms with Gasteiger partial charge in [0.15, 0.2) is 17.5 Å². The van der Waals surface area contributed by atoms with Crippen molar-refractivity contribution in [1.29, 1.82) is 0 Å². The van der Waals surface area contributed by atoms with Crippen LogP contribution in [-0.4, -0.2) is 73.5 Å². The van der Waals surface area contributed by atoms with Gasteiger partial charge in [0, 0.05) is 0 Å². The molecular weight excluding hydrogens is 301 g/mol. The third-order valence-electron chi connectivity index (χ3n) is 3.92. The van der Waals surface area contributed by atoms with E-state index in [1.54, 1.807) is 0 Å². The highest BCUT2D eigenvalue weighted by molar-refractivity contribution is 5.98. The number of hydrogen-bond acceptors (Lipinski definition) is 8. The van der Waals surface area contributed by atoms with E-state index in [4.69, 9.17) is 15.7 Å². The number of nitrogens with one attached hydrogen (secondary N) is 1. The fraction of sp³-hybridized carbons (Fsp3) is 0.636. The molecule has 4 atom stereocenters. The summed E-state index contributed by atoms with van der Waals surface area (Å²) in [4.78, 5) is 15.8. The van der Waals surface area contributed by atoms with Crippen LogP contribution in [-0.2, 0) is 4.74 Å². The first-order valence-corrected chi connectivity index (χ1v) is 6.54. The first-order valence-electron chi connectivity index (χ1n) is 6.54. The lowest BCUT2D eigenvalue weighted by Crippen LogP contribution is -2.49. The predicted octanol–water partition coefficient (Wildman–Crippen LogP) is -2.47. The molecule has 1 aromatic heterocycles. The molecule has 0 aliphatic carbocycles. The molecule has 3 rings (SSSR count). The van der Waals surface area contributed by atoms with E-state index in [-0.39, 0.29) is 18.2 Å². The zero-order valence-electron chi connectivity index (χ0n) is 11.4. The summed E-state index contributed by atoms with van der Waals surface area (Å²) in [5, 5.41) is 33.2. The Morgan fingerprint density at radius 2 is 2.36 bits per heavy atom. The minimum Gasteiger partial charge on any atom is -0.394 e. The number of aliphatic hydroxyl groups excluding tert-OH is 2. The number of halogens is 1. The maximum absolute atomic E-state index is 13.3. The number of imidazole rings is 1. The predicted molar refractivity (Wildman–Crippen MR) is 69.0 cm³/mol. The molecule has 1 amide bonds. The van der Waals surface area contributed by atoms with Crippen LogP contribution >= 0.6 is 0 Å². The number of rotatable bonds is 3. The molecule has 2 aliphatic rings. The molecule has 1 fully saturated rings. The van der Waals surface area contributed by atoms with Crippen LogP contribution in [0.5, 0.6) is 0 Å². The molecule has 0 spiro atoms. The van der Waals surface area contributed by atoms with Gasteiger partial charge in [-0.2, -0.15) is 0 Å². The van der Waals surface area contributed by atoms with Gasteiger partial charge in [-0.1, -0.05) is 0 Å². The highest BCUT2D eigenvalue weighted by atomic mass is 19.1. The van der Waals surface area contributed by atoms with E-state index < -0.39 is 43.2 Å². The monoisotopic (exact) mass is 317 g/mol. The number of alkyl halides is 1. The number of aliphatic hydroxyl groups is 3. The molecule has 22 heavy (non-hydrogen) atoms. The van der Waals surface area contributed by atoms with Gasteiger partial charge in [0.05, 0.1) is 12.9 Å². The maximum Gasteiger partial charge on any atom is 0.291 e. The molecule has 0 saturated carbocycles. The molecule has 0 unspecified atom stereocenters. The van der Waals surface area contributed by atoms with Crippen molar-refractivity contribution in [3.05, 3.63) is 12.0 Å². The number of nitrogens with zero attached hydrogens (tertiary/aromatic N) is 3. The Bertz CT molecular complexity index is 597. The Hall–Kier alpha value is -1.79. The van der Waals surface area contributed by atoms with Crippen molar-refractivity contribution in [2.45, 2.75) is 24.0 Å². The number of ether oxygens (including phenoxy) is 1.